The van der Waals surface area contributed by atoms with Gasteiger partial charge in [0.15, 0.2) is 0 Å². The molecule has 0 aliphatic carbocycles. The fourth-order valence-corrected chi connectivity index (χ4v) is 4.50. The number of sulfonamides is 1. The molecule has 1 fully saturated rings. The lowest BCUT2D eigenvalue weighted by atomic mass is 10.2. The number of piperazine rings is 1. The van der Waals surface area contributed by atoms with Gasteiger partial charge >= 0.3 is 0 Å². The lowest BCUT2D eigenvalue weighted by Gasteiger charge is -2.32. The van der Waals surface area contributed by atoms with Crippen molar-refractivity contribution in [2.45, 2.75) is 24.8 Å². The van der Waals surface area contributed by atoms with Crippen molar-refractivity contribution < 1.29 is 18.3 Å². The SMILES string of the molecule is CC(C)NS(=O)(=O)c1ccc(N2CCN(c3cccc[nH+]3)CC2)c([N+](=O)[O-])c1. The van der Waals surface area contributed by atoms with Crippen molar-refractivity contribution >= 4 is 27.2 Å². The highest BCUT2D eigenvalue weighted by atomic mass is 32.2. The van der Waals surface area contributed by atoms with E-state index in [-0.39, 0.29) is 16.6 Å². The average molecular weight is 406 g/mol. The third-order valence-electron chi connectivity index (χ3n) is 4.50. The summed E-state index contributed by atoms with van der Waals surface area (Å²) in [6, 6.07) is 9.63. The monoisotopic (exact) mass is 406 g/mol. The van der Waals surface area contributed by atoms with Crippen molar-refractivity contribution in [1.29, 1.82) is 0 Å². The molecule has 0 spiro atoms. The number of benzene rings is 1. The Morgan fingerprint density at radius 1 is 1.11 bits per heavy atom. The molecule has 0 radical (unpaired) electrons. The maximum Gasteiger partial charge on any atom is 0.293 e. The normalized spacial score (nSPS) is 15.1. The maximum atomic E-state index is 12.3. The second-order valence-electron chi connectivity index (χ2n) is 6.91. The van der Waals surface area contributed by atoms with E-state index in [1.807, 2.05) is 29.3 Å². The number of hydrogen-bond donors (Lipinski definition) is 1. The van der Waals surface area contributed by atoms with E-state index < -0.39 is 14.9 Å². The molecule has 1 saturated heterocycles. The molecule has 150 valence electrons. The van der Waals surface area contributed by atoms with Gasteiger partial charge in [0.05, 0.1) is 29.1 Å². The zero-order valence-corrected chi connectivity index (χ0v) is 16.6. The molecule has 28 heavy (non-hydrogen) atoms. The number of hydrogen-bond acceptors (Lipinski definition) is 6. The van der Waals surface area contributed by atoms with Crippen molar-refractivity contribution in [2.24, 2.45) is 0 Å². The third-order valence-corrected chi connectivity index (χ3v) is 6.15. The van der Waals surface area contributed by atoms with Gasteiger partial charge in [-0.05, 0) is 32.0 Å². The summed E-state index contributed by atoms with van der Waals surface area (Å²) in [5.41, 5.74) is 0.233. The van der Waals surface area contributed by atoms with Gasteiger partial charge in [-0.2, -0.15) is 0 Å². The van der Waals surface area contributed by atoms with Crippen LogP contribution in [0.3, 0.4) is 0 Å². The first-order chi connectivity index (χ1) is 13.3. The van der Waals surface area contributed by atoms with Gasteiger partial charge in [0.2, 0.25) is 10.0 Å². The van der Waals surface area contributed by atoms with Crippen LogP contribution in [-0.4, -0.2) is 45.6 Å². The minimum absolute atomic E-state index is 0.103. The Morgan fingerprint density at radius 2 is 1.79 bits per heavy atom. The van der Waals surface area contributed by atoms with E-state index in [2.05, 4.69) is 14.6 Å². The number of aromatic amines is 1. The molecule has 2 aromatic rings. The van der Waals surface area contributed by atoms with E-state index >= 15 is 0 Å². The molecule has 1 aliphatic rings. The smallest absolute Gasteiger partial charge is 0.293 e. The van der Waals surface area contributed by atoms with Crippen LogP contribution in [0, 0.1) is 10.1 Å². The number of nitro benzene ring substituents is 1. The number of anilines is 2. The number of aromatic nitrogens is 1. The van der Waals surface area contributed by atoms with Crippen LogP contribution in [0.25, 0.3) is 0 Å². The minimum Gasteiger partial charge on any atom is -0.358 e. The molecular formula is C18H24N5O4S+. The van der Waals surface area contributed by atoms with Crippen LogP contribution in [0.4, 0.5) is 17.2 Å². The predicted octanol–water partition coefficient (Wildman–Crippen LogP) is 1.42. The van der Waals surface area contributed by atoms with Gasteiger partial charge in [0, 0.05) is 18.2 Å². The van der Waals surface area contributed by atoms with Gasteiger partial charge in [-0.15, -0.1) is 0 Å². The molecule has 10 heteroatoms. The molecule has 0 saturated carbocycles. The number of nitrogens with one attached hydrogen (secondary N) is 2. The number of rotatable bonds is 6. The van der Waals surface area contributed by atoms with Crippen LogP contribution in [-0.2, 0) is 10.0 Å². The average Bonchev–Trinajstić information content (AvgIpc) is 2.67. The second-order valence-corrected chi connectivity index (χ2v) is 8.62. The molecule has 2 N–H and O–H groups in total. The van der Waals surface area contributed by atoms with Gasteiger partial charge in [0.25, 0.3) is 11.5 Å². The Morgan fingerprint density at radius 3 is 2.36 bits per heavy atom. The largest absolute Gasteiger partial charge is 0.358 e. The molecule has 0 amide bonds. The summed E-state index contributed by atoms with van der Waals surface area (Å²) in [6.45, 7) is 5.99. The number of nitro groups is 1. The zero-order valence-electron chi connectivity index (χ0n) is 15.8. The van der Waals surface area contributed by atoms with Crippen LogP contribution in [0.2, 0.25) is 0 Å². The summed E-state index contributed by atoms with van der Waals surface area (Å²) in [7, 11) is -3.79. The van der Waals surface area contributed by atoms with Gasteiger partial charge < -0.3 is 4.90 Å². The minimum atomic E-state index is -3.79. The molecule has 0 bridgehead atoms. The predicted molar refractivity (Wildman–Crippen MR) is 106 cm³/mol. The molecule has 3 rings (SSSR count). The first-order valence-corrected chi connectivity index (χ1v) is 10.5. The quantitative estimate of drug-likeness (QED) is 0.574. The van der Waals surface area contributed by atoms with Gasteiger partial charge in [-0.25, -0.2) is 18.1 Å². The summed E-state index contributed by atoms with van der Waals surface area (Å²) < 4.78 is 27.1. The molecule has 1 aromatic heterocycles. The van der Waals surface area contributed by atoms with E-state index in [1.54, 1.807) is 13.8 Å². The Kier molecular flexibility index (Phi) is 5.80. The van der Waals surface area contributed by atoms with E-state index in [4.69, 9.17) is 0 Å². The third kappa shape index (κ3) is 4.39. The Labute approximate surface area is 164 Å². The van der Waals surface area contributed by atoms with Crippen molar-refractivity contribution in [3.05, 3.63) is 52.7 Å². The lowest BCUT2D eigenvalue weighted by molar-refractivity contribution is -0.384. The van der Waals surface area contributed by atoms with E-state index in [0.717, 1.165) is 11.9 Å². The Bertz CT molecular complexity index is 942. The summed E-state index contributed by atoms with van der Waals surface area (Å²) in [5, 5.41) is 11.6. The van der Waals surface area contributed by atoms with Crippen LogP contribution < -0.4 is 19.5 Å². The summed E-state index contributed by atoms with van der Waals surface area (Å²) in [4.78, 5) is 18.3. The van der Waals surface area contributed by atoms with E-state index in [1.165, 1.54) is 12.1 Å². The van der Waals surface area contributed by atoms with Crippen LogP contribution in [0.15, 0.2) is 47.5 Å². The molecule has 1 aliphatic heterocycles. The van der Waals surface area contributed by atoms with Crippen molar-refractivity contribution in [3.8, 4) is 0 Å². The Balaban J connectivity index is 1.82. The topological polar surface area (TPSA) is 110 Å². The number of pyridine rings is 1. The van der Waals surface area contributed by atoms with E-state index in [0.29, 0.717) is 31.9 Å². The van der Waals surface area contributed by atoms with Crippen molar-refractivity contribution in [2.75, 3.05) is 36.0 Å². The first-order valence-electron chi connectivity index (χ1n) is 9.05. The molecule has 0 atom stereocenters. The van der Waals surface area contributed by atoms with Gasteiger partial charge in [-0.1, -0.05) is 6.07 Å². The highest BCUT2D eigenvalue weighted by Gasteiger charge is 2.29. The lowest BCUT2D eigenvalue weighted by Crippen LogP contribution is -2.48. The maximum absolute atomic E-state index is 12.3. The fourth-order valence-electron chi connectivity index (χ4n) is 3.23. The Hall–Kier alpha value is -2.72. The van der Waals surface area contributed by atoms with Crippen molar-refractivity contribution in [3.63, 3.8) is 0 Å². The summed E-state index contributed by atoms with van der Waals surface area (Å²) in [5.74, 6) is 0.998. The van der Waals surface area contributed by atoms with Crippen LogP contribution in [0.1, 0.15) is 13.8 Å². The number of nitrogens with zero attached hydrogens (tertiary/aromatic N) is 3. The summed E-state index contributed by atoms with van der Waals surface area (Å²) in [6.07, 6.45) is 1.86. The highest BCUT2D eigenvalue weighted by molar-refractivity contribution is 7.89. The second kappa shape index (κ2) is 8.11. The zero-order chi connectivity index (χ0) is 20.3. The van der Waals surface area contributed by atoms with Crippen molar-refractivity contribution in [1.82, 2.24) is 4.72 Å². The summed E-state index contributed by atoms with van der Waals surface area (Å²) >= 11 is 0. The van der Waals surface area contributed by atoms with E-state index in [9.17, 15) is 18.5 Å². The molecule has 1 aromatic carbocycles. The molecular weight excluding hydrogens is 382 g/mol. The van der Waals surface area contributed by atoms with Gasteiger partial charge in [0.1, 0.15) is 18.8 Å². The van der Waals surface area contributed by atoms with Crippen LogP contribution >= 0.6 is 0 Å². The fraction of sp³-hybridized carbons (Fsp3) is 0.389. The van der Waals surface area contributed by atoms with Gasteiger partial charge in [-0.3, -0.25) is 15.0 Å². The molecule has 2 heterocycles. The highest BCUT2D eigenvalue weighted by Crippen LogP contribution is 2.31. The number of H-pyrrole nitrogens is 1. The molecule has 0 unspecified atom stereocenters. The standard InChI is InChI=1S/C18H23N5O4S/c1-14(2)20-28(26,27)15-6-7-16(17(13-15)23(24)25)21-9-11-22(12-10-21)18-5-3-4-8-19-18/h3-8,13-14,20H,9-12H2,1-2H3/p+1. The molecule has 9 nitrogen and oxygen atoms in total. The van der Waals surface area contributed by atoms with Crippen LogP contribution in [0.5, 0.6) is 0 Å². The first kappa shape index (κ1) is 20.0.